The monoisotopic (exact) mass is 397 g/mol. The summed E-state index contributed by atoms with van der Waals surface area (Å²) in [7, 11) is 0. The summed E-state index contributed by atoms with van der Waals surface area (Å²) >= 11 is 3.38. The molecule has 1 aliphatic rings. The number of halogens is 1. The summed E-state index contributed by atoms with van der Waals surface area (Å²) in [5.41, 5.74) is 1.09. The van der Waals surface area contributed by atoms with E-state index in [-0.39, 0.29) is 25.2 Å². The molecule has 1 aromatic carbocycles. The lowest BCUT2D eigenvalue weighted by Gasteiger charge is -2.29. The van der Waals surface area contributed by atoms with Gasteiger partial charge in [0.15, 0.2) is 13.2 Å². The van der Waals surface area contributed by atoms with Crippen LogP contribution in [0.1, 0.15) is 38.2 Å². The lowest BCUT2D eigenvalue weighted by atomic mass is 9.86. The molecule has 1 aromatic rings. The Balaban J connectivity index is 1.69. The van der Waals surface area contributed by atoms with Crippen molar-refractivity contribution >= 4 is 27.8 Å². The predicted octanol–water partition coefficient (Wildman–Crippen LogP) is 3.37. The molecule has 132 valence electrons. The van der Waals surface area contributed by atoms with Crippen LogP contribution >= 0.6 is 15.9 Å². The smallest absolute Gasteiger partial charge is 0.344 e. The van der Waals surface area contributed by atoms with Crippen LogP contribution in [0.4, 0.5) is 0 Å². The van der Waals surface area contributed by atoms with Crippen molar-refractivity contribution in [1.29, 1.82) is 0 Å². The number of rotatable bonds is 6. The number of nitrogens with one attached hydrogen (secondary N) is 1. The van der Waals surface area contributed by atoms with E-state index in [0.717, 1.165) is 29.3 Å². The predicted molar refractivity (Wildman–Crippen MR) is 94.9 cm³/mol. The Morgan fingerprint density at radius 1 is 1.25 bits per heavy atom. The van der Waals surface area contributed by atoms with Crippen LogP contribution < -0.4 is 10.1 Å². The third-order valence-corrected chi connectivity index (χ3v) is 4.87. The first kappa shape index (κ1) is 18.8. The van der Waals surface area contributed by atoms with E-state index < -0.39 is 5.97 Å². The molecule has 0 aliphatic heterocycles. The quantitative estimate of drug-likeness (QED) is 0.747. The molecule has 0 radical (unpaired) electrons. The first-order chi connectivity index (χ1) is 11.5. The zero-order valence-electron chi connectivity index (χ0n) is 14.1. The summed E-state index contributed by atoms with van der Waals surface area (Å²) in [6, 6.07) is 5.76. The normalized spacial score (nSPS) is 20.3. The van der Waals surface area contributed by atoms with Gasteiger partial charge in [-0.3, -0.25) is 4.79 Å². The molecular weight excluding hydrogens is 374 g/mol. The Hall–Kier alpha value is -1.56. The fraction of sp³-hybridized carbons (Fsp3) is 0.556. The van der Waals surface area contributed by atoms with Gasteiger partial charge in [0.05, 0.1) is 4.47 Å². The summed E-state index contributed by atoms with van der Waals surface area (Å²) < 4.78 is 11.2. The van der Waals surface area contributed by atoms with Gasteiger partial charge in [-0.2, -0.15) is 0 Å². The van der Waals surface area contributed by atoms with E-state index in [9.17, 15) is 9.59 Å². The second-order valence-electron chi connectivity index (χ2n) is 6.32. The molecule has 1 fully saturated rings. The summed E-state index contributed by atoms with van der Waals surface area (Å²) in [5.74, 6) is 0.228. The van der Waals surface area contributed by atoms with Crippen LogP contribution in [0.3, 0.4) is 0 Å². The molecule has 2 rings (SSSR count). The third kappa shape index (κ3) is 5.82. The van der Waals surface area contributed by atoms with Crippen molar-refractivity contribution in [1.82, 2.24) is 5.32 Å². The molecule has 1 aliphatic carbocycles. The largest absolute Gasteiger partial charge is 0.481 e. The van der Waals surface area contributed by atoms with Crippen LogP contribution in [0.15, 0.2) is 22.7 Å². The molecule has 6 heteroatoms. The second kappa shape index (κ2) is 9.06. The molecule has 0 bridgehead atoms. The standard InChI is InChI=1S/C18H24BrNO4/c1-12-7-8-16(14(19)9-12)23-11-18(22)24-10-17(21)20-15-6-4-3-5-13(15)2/h7-9,13,15H,3-6,10-11H2,1-2H3,(H,20,21)/t13-,15+/m0/s1. The highest BCUT2D eigenvalue weighted by Crippen LogP contribution is 2.25. The highest BCUT2D eigenvalue weighted by molar-refractivity contribution is 9.10. The van der Waals surface area contributed by atoms with Crippen molar-refractivity contribution in [2.75, 3.05) is 13.2 Å². The molecule has 1 amide bonds. The van der Waals surface area contributed by atoms with Gasteiger partial charge in [-0.05, 0) is 59.3 Å². The van der Waals surface area contributed by atoms with Crippen molar-refractivity contribution < 1.29 is 19.1 Å². The van der Waals surface area contributed by atoms with Gasteiger partial charge >= 0.3 is 5.97 Å². The maximum absolute atomic E-state index is 11.9. The maximum Gasteiger partial charge on any atom is 0.344 e. The van der Waals surface area contributed by atoms with Gasteiger partial charge in [-0.1, -0.05) is 25.8 Å². The van der Waals surface area contributed by atoms with E-state index in [1.165, 1.54) is 6.42 Å². The number of carbonyl (C=O) groups is 2. The Bertz CT molecular complexity index is 590. The highest BCUT2D eigenvalue weighted by Gasteiger charge is 2.23. The molecule has 0 aromatic heterocycles. The second-order valence-corrected chi connectivity index (χ2v) is 7.17. The molecule has 24 heavy (non-hydrogen) atoms. The molecule has 2 atom stereocenters. The molecular formula is C18H24BrNO4. The highest BCUT2D eigenvalue weighted by atomic mass is 79.9. The van der Waals surface area contributed by atoms with E-state index in [4.69, 9.17) is 9.47 Å². The lowest BCUT2D eigenvalue weighted by molar-refractivity contribution is -0.150. The average molecular weight is 398 g/mol. The molecule has 0 saturated heterocycles. The van der Waals surface area contributed by atoms with Crippen LogP contribution in [-0.2, 0) is 14.3 Å². The summed E-state index contributed by atoms with van der Waals surface area (Å²) in [4.78, 5) is 23.6. The van der Waals surface area contributed by atoms with E-state index in [2.05, 4.69) is 28.2 Å². The molecule has 0 heterocycles. The van der Waals surface area contributed by atoms with Crippen LogP contribution in [0.2, 0.25) is 0 Å². The van der Waals surface area contributed by atoms with Gasteiger partial charge in [0.1, 0.15) is 5.75 Å². The van der Waals surface area contributed by atoms with E-state index in [1.54, 1.807) is 6.07 Å². The van der Waals surface area contributed by atoms with E-state index in [1.807, 2.05) is 19.1 Å². The number of aryl methyl sites for hydroxylation is 1. The van der Waals surface area contributed by atoms with Gasteiger partial charge in [-0.15, -0.1) is 0 Å². The van der Waals surface area contributed by atoms with Gasteiger partial charge in [0, 0.05) is 6.04 Å². The van der Waals surface area contributed by atoms with Crippen molar-refractivity contribution in [3.8, 4) is 5.75 Å². The van der Waals surface area contributed by atoms with Gasteiger partial charge in [0.25, 0.3) is 5.91 Å². The number of ether oxygens (including phenoxy) is 2. The van der Waals surface area contributed by atoms with E-state index >= 15 is 0 Å². The zero-order chi connectivity index (χ0) is 17.5. The van der Waals surface area contributed by atoms with Crippen molar-refractivity contribution in [2.45, 2.75) is 45.6 Å². The Kier molecular flexibility index (Phi) is 7.09. The van der Waals surface area contributed by atoms with Crippen LogP contribution in [0, 0.1) is 12.8 Å². The topological polar surface area (TPSA) is 64.6 Å². The first-order valence-electron chi connectivity index (χ1n) is 8.29. The summed E-state index contributed by atoms with van der Waals surface area (Å²) in [5, 5.41) is 2.95. The van der Waals surface area contributed by atoms with Crippen molar-refractivity contribution in [3.05, 3.63) is 28.2 Å². The number of esters is 1. The van der Waals surface area contributed by atoms with Gasteiger partial charge in [-0.25, -0.2) is 4.79 Å². The van der Waals surface area contributed by atoms with Crippen LogP contribution in [0.5, 0.6) is 5.75 Å². The van der Waals surface area contributed by atoms with Gasteiger partial charge < -0.3 is 14.8 Å². The molecule has 5 nitrogen and oxygen atoms in total. The van der Waals surface area contributed by atoms with Gasteiger partial charge in [0.2, 0.25) is 0 Å². The molecule has 0 spiro atoms. The van der Waals surface area contributed by atoms with Crippen LogP contribution in [-0.4, -0.2) is 31.1 Å². The van der Waals surface area contributed by atoms with Crippen LogP contribution in [0.25, 0.3) is 0 Å². The summed E-state index contributed by atoms with van der Waals surface area (Å²) in [6.45, 7) is 3.62. The Labute approximate surface area is 151 Å². The Morgan fingerprint density at radius 2 is 2.00 bits per heavy atom. The Morgan fingerprint density at radius 3 is 2.71 bits per heavy atom. The summed E-state index contributed by atoms with van der Waals surface area (Å²) in [6.07, 6.45) is 4.47. The number of carbonyl (C=O) groups excluding carboxylic acids is 2. The SMILES string of the molecule is Cc1ccc(OCC(=O)OCC(=O)N[C@@H]2CCCC[C@@H]2C)c(Br)c1. The maximum atomic E-state index is 11.9. The van der Waals surface area contributed by atoms with Crippen molar-refractivity contribution in [3.63, 3.8) is 0 Å². The number of hydrogen-bond acceptors (Lipinski definition) is 4. The first-order valence-corrected chi connectivity index (χ1v) is 9.09. The lowest BCUT2D eigenvalue weighted by Crippen LogP contribution is -2.43. The minimum atomic E-state index is -0.561. The van der Waals surface area contributed by atoms with E-state index in [0.29, 0.717) is 11.7 Å². The zero-order valence-corrected chi connectivity index (χ0v) is 15.7. The fourth-order valence-electron chi connectivity index (χ4n) is 2.83. The molecule has 1 saturated carbocycles. The molecule has 0 unspecified atom stereocenters. The number of hydrogen-bond donors (Lipinski definition) is 1. The average Bonchev–Trinajstić information content (AvgIpc) is 2.54. The number of amides is 1. The minimum Gasteiger partial charge on any atom is -0.481 e. The minimum absolute atomic E-state index is 0.185. The third-order valence-electron chi connectivity index (χ3n) is 4.26. The fourth-order valence-corrected chi connectivity index (χ4v) is 3.43. The molecule has 1 N–H and O–H groups in total. The number of benzene rings is 1. The van der Waals surface area contributed by atoms with Crippen molar-refractivity contribution in [2.24, 2.45) is 5.92 Å².